The largest absolute Gasteiger partial charge is 0.314 e. The summed E-state index contributed by atoms with van der Waals surface area (Å²) in [6.45, 7) is 6.67. The summed E-state index contributed by atoms with van der Waals surface area (Å²) < 4.78 is 0. The van der Waals surface area contributed by atoms with E-state index in [1.807, 2.05) is 6.92 Å². The molecule has 5 heteroatoms. The highest BCUT2D eigenvalue weighted by molar-refractivity contribution is 5.47. The minimum atomic E-state index is -0.285. The minimum Gasteiger partial charge on any atom is -0.314 e. The topological polar surface area (TPSA) is 68.1 Å². The normalized spacial score (nSPS) is 22.1. The molecule has 2 atom stereocenters. The van der Waals surface area contributed by atoms with Gasteiger partial charge in [0.15, 0.2) is 0 Å². The van der Waals surface area contributed by atoms with Crippen molar-refractivity contribution in [3.8, 4) is 0 Å². The zero-order valence-corrected chi connectivity index (χ0v) is 12.5. The van der Waals surface area contributed by atoms with Gasteiger partial charge in [-0.15, -0.1) is 0 Å². The molecule has 0 radical (unpaired) electrons. The van der Waals surface area contributed by atoms with E-state index < -0.39 is 0 Å². The van der Waals surface area contributed by atoms with E-state index in [4.69, 9.17) is 0 Å². The van der Waals surface area contributed by atoms with E-state index in [-0.39, 0.29) is 10.6 Å². The van der Waals surface area contributed by atoms with Crippen molar-refractivity contribution in [3.63, 3.8) is 0 Å². The maximum absolute atomic E-state index is 11.2. The molecule has 1 saturated carbocycles. The summed E-state index contributed by atoms with van der Waals surface area (Å²) in [7, 11) is 0. The van der Waals surface area contributed by atoms with Gasteiger partial charge in [-0.25, -0.2) is 0 Å². The number of aromatic nitrogens is 1. The Morgan fingerprint density at radius 3 is 2.85 bits per heavy atom. The molecule has 1 aliphatic carbocycles. The minimum absolute atomic E-state index is 0.230. The number of nitrogens with zero attached hydrogens (tertiary/aromatic N) is 2. The fraction of sp³-hybridized carbons (Fsp3) is 0.667. The van der Waals surface area contributed by atoms with Gasteiger partial charge in [0.2, 0.25) is 0 Å². The monoisotopic (exact) mass is 277 g/mol. The second-order valence-electron chi connectivity index (χ2n) is 5.68. The average Bonchev–Trinajstić information content (AvgIpc) is 2.80. The smallest absolute Gasteiger partial charge is 0.278 e. The lowest BCUT2D eigenvalue weighted by atomic mass is 9.94. The van der Waals surface area contributed by atoms with Crippen molar-refractivity contribution < 1.29 is 4.92 Å². The molecule has 2 unspecified atom stereocenters. The molecule has 0 aromatic carbocycles. The number of hydrogen-bond donors (Lipinski definition) is 1. The van der Waals surface area contributed by atoms with E-state index in [0.717, 1.165) is 24.2 Å². The van der Waals surface area contributed by atoms with Crippen molar-refractivity contribution in [1.29, 1.82) is 0 Å². The van der Waals surface area contributed by atoms with E-state index in [2.05, 4.69) is 17.2 Å². The van der Waals surface area contributed by atoms with Gasteiger partial charge >= 0.3 is 0 Å². The van der Waals surface area contributed by atoms with Gasteiger partial charge in [0, 0.05) is 23.4 Å². The van der Waals surface area contributed by atoms with Crippen LogP contribution in [-0.2, 0) is 6.42 Å². The third-order valence-electron chi connectivity index (χ3n) is 4.34. The van der Waals surface area contributed by atoms with Gasteiger partial charge in [0.25, 0.3) is 5.69 Å². The summed E-state index contributed by atoms with van der Waals surface area (Å²) in [6, 6.07) is 0.529. The number of aryl methyl sites for hydroxylation is 1. The Labute approximate surface area is 119 Å². The molecule has 0 bridgehead atoms. The Kier molecular flexibility index (Phi) is 4.70. The molecule has 5 nitrogen and oxygen atoms in total. The van der Waals surface area contributed by atoms with Crippen molar-refractivity contribution in [2.45, 2.75) is 52.5 Å². The summed E-state index contributed by atoms with van der Waals surface area (Å²) in [5.41, 5.74) is 2.49. The molecule has 1 heterocycles. The van der Waals surface area contributed by atoms with Crippen molar-refractivity contribution in [2.24, 2.45) is 5.92 Å². The predicted molar refractivity (Wildman–Crippen MR) is 78.9 cm³/mol. The molecule has 0 aliphatic heterocycles. The van der Waals surface area contributed by atoms with Gasteiger partial charge in [-0.2, -0.15) is 0 Å². The third-order valence-corrected chi connectivity index (χ3v) is 4.34. The molecule has 1 N–H and O–H groups in total. The Hall–Kier alpha value is -1.49. The lowest BCUT2D eigenvalue weighted by Gasteiger charge is -2.20. The highest BCUT2D eigenvalue weighted by atomic mass is 16.6. The molecule has 1 aliphatic rings. The highest BCUT2D eigenvalue weighted by Gasteiger charge is 2.28. The molecule has 2 rings (SSSR count). The first-order chi connectivity index (χ1) is 9.54. The highest BCUT2D eigenvalue weighted by Crippen LogP contribution is 2.31. The van der Waals surface area contributed by atoms with Crippen LogP contribution in [0.1, 0.15) is 43.0 Å². The molecule has 1 aromatic heterocycles. The summed E-state index contributed by atoms with van der Waals surface area (Å²) in [5.74, 6) is 0.545. The Morgan fingerprint density at radius 1 is 1.45 bits per heavy atom. The number of pyridine rings is 1. The summed E-state index contributed by atoms with van der Waals surface area (Å²) >= 11 is 0. The van der Waals surface area contributed by atoms with Crippen molar-refractivity contribution in [2.75, 3.05) is 6.54 Å². The Balaban J connectivity index is 2.21. The fourth-order valence-corrected chi connectivity index (χ4v) is 3.31. The Morgan fingerprint density at radius 2 is 2.20 bits per heavy atom. The third kappa shape index (κ3) is 2.98. The molecule has 0 saturated heterocycles. The lowest BCUT2D eigenvalue weighted by Crippen LogP contribution is -2.33. The molecule has 20 heavy (non-hydrogen) atoms. The standard InChI is InChI=1S/C15H23N3O2/c1-4-16-13-7-5-6-12(13)8-14-11(3)15(18(19)20)10(2)9-17-14/h9,12-13,16H,4-8H2,1-3H3. The number of hydrogen-bond acceptors (Lipinski definition) is 4. The van der Waals surface area contributed by atoms with Crippen LogP contribution in [0.4, 0.5) is 5.69 Å². The van der Waals surface area contributed by atoms with E-state index in [9.17, 15) is 10.1 Å². The maximum atomic E-state index is 11.2. The van der Waals surface area contributed by atoms with Gasteiger partial charge in [0.1, 0.15) is 0 Å². The molecular weight excluding hydrogens is 254 g/mol. The van der Waals surface area contributed by atoms with Gasteiger partial charge < -0.3 is 5.32 Å². The van der Waals surface area contributed by atoms with Crippen LogP contribution in [0.25, 0.3) is 0 Å². The SMILES string of the molecule is CCNC1CCCC1Cc1ncc(C)c([N+](=O)[O-])c1C. The van der Waals surface area contributed by atoms with E-state index in [1.165, 1.54) is 19.3 Å². The van der Waals surface area contributed by atoms with Crippen LogP contribution in [0.2, 0.25) is 0 Å². The van der Waals surface area contributed by atoms with Crippen LogP contribution in [0, 0.1) is 29.9 Å². The Bertz CT molecular complexity index is 502. The van der Waals surface area contributed by atoms with E-state index >= 15 is 0 Å². The maximum Gasteiger partial charge on any atom is 0.278 e. The van der Waals surface area contributed by atoms with Crippen LogP contribution in [0.15, 0.2) is 6.20 Å². The summed E-state index contributed by atoms with van der Waals surface area (Å²) in [6.07, 6.45) is 6.09. The molecule has 1 aromatic rings. The summed E-state index contributed by atoms with van der Waals surface area (Å²) in [5, 5.41) is 14.7. The van der Waals surface area contributed by atoms with Gasteiger partial charge in [-0.05, 0) is 45.6 Å². The fourth-order valence-electron chi connectivity index (χ4n) is 3.31. The second kappa shape index (κ2) is 6.31. The number of rotatable bonds is 5. The van der Waals surface area contributed by atoms with Gasteiger partial charge in [-0.1, -0.05) is 13.3 Å². The predicted octanol–water partition coefficient (Wildman–Crippen LogP) is 2.93. The number of nitrogens with one attached hydrogen (secondary N) is 1. The molecular formula is C15H23N3O2. The van der Waals surface area contributed by atoms with E-state index in [1.54, 1.807) is 13.1 Å². The van der Waals surface area contributed by atoms with Crippen LogP contribution in [0.5, 0.6) is 0 Å². The van der Waals surface area contributed by atoms with Crippen molar-refractivity contribution in [3.05, 3.63) is 33.1 Å². The van der Waals surface area contributed by atoms with Crippen molar-refractivity contribution in [1.82, 2.24) is 10.3 Å². The number of nitro groups is 1. The van der Waals surface area contributed by atoms with E-state index in [0.29, 0.717) is 17.5 Å². The first kappa shape index (κ1) is 14.9. The molecule has 0 spiro atoms. The molecule has 110 valence electrons. The average molecular weight is 277 g/mol. The van der Waals surface area contributed by atoms with Crippen LogP contribution in [0.3, 0.4) is 0 Å². The first-order valence-corrected chi connectivity index (χ1v) is 7.37. The molecule has 1 fully saturated rings. The zero-order chi connectivity index (χ0) is 14.7. The lowest BCUT2D eigenvalue weighted by molar-refractivity contribution is -0.386. The van der Waals surface area contributed by atoms with Crippen LogP contribution in [-0.4, -0.2) is 22.5 Å². The quantitative estimate of drug-likeness (QED) is 0.663. The first-order valence-electron chi connectivity index (χ1n) is 7.37. The van der Waals surface area contributed by atoms with Gasteiger partial charge in [-0.3, -0.25) is 15.1 Å². The molecule has 0 amide bonds. The summed E-state index contributed by atoms with van der Waals surface area (Å²) in [4.78, 5) is 15.3. The van der Waals surface area contributed by atoms with Crippen LogP contribution < -0.4 is 5.32 Å². The zero-order valence-electron chi connectivity index (χ0n) is 12.5. The van der Waals surface area contributed by atoms with Crippen LogP contribution >= 0.6 is 0 Å². The van der Waals surface area contributed by atoms with Crippen molar-refractivity contribution >= 4 is 5.69 Å². The van der Waals surface area contributed by atoms with Gasteiger partial charge in [0.05, 0.1) is 10.6 Å². The second-order valence-corrected chi connectivity index (χ2v) is 5.68.